The third kappa shape index (κ3) is 4.71. The molecule has 0 spiro atoms. The van der Waals surface area contributed by atoms with Crippen molar-refractivity contribution >= 4 is 32.8 Å². The summed E-state index contributed by atoms with van der Waals surface area (Å²) >= 11 is 3.43. The van der Waals surface area contributed by atoms with Crippen LogP contribution >= 0.6 is 15.9 Å². The number of hydrogen-bond acceptors (Lipinski definition) is 2. The number of amides is 1. The molecule has 1 heterocycles. The normalized spacial score (nSPS) is 13.6. The summed E-state index contributed by atoms with van der Waals surface area (Å²) in [5, 5.41) is 4.07. The van der Waals surface area contributed by atoms with E-state index in [2.05, 4.69) is 33.4 Å². The number of rotatable bonds is 6. The SMILES string of the molecule is C[C@@H](NC(=O)C[NH+](C)Cc1ccc(Br)cc1)c1cc2ccccc2o1. The summed E-state index contributed by atoms with van der Waals surface area (Å²) in [5.41, 5.74) is 2.05. The highest BCUT2D eigenvalue weighted by molar-refractivity contribution is 9.10. The number of furan rings is 1. The number of halogens is 1. The van der Waals surface area contributed by atoms with Crippen LogP contribution in [0.15, 0.2) is 63.5 Å². The van der Waals surface area contributed by atoms with E-state index in [4.69, 9.17) is 4.42 Å². The van der Waals surface area contributed by atoms with Crippen molar-refractivity contribution < 1.29 is 14.1 Å². The maximum Gasteiger partial charge on any atom is 0.275 e. The van der Waals surface area contributed by atoms with E-state index < -0.39 is 0 Å². The number of benzene rings is 2. The number of hydrogen-bond donors (Lipinski definition) is 2. The van der Waals surface area contributed by atoms with Gasteiger partial charge >= 0.3 is 0 Å². The summed E-state index contributed by atoms with van der Waals surface area (Å²) in [6.07, 6.45) is 0. The molecule has 130 valence electrons. The smallest absolute Gasteiger partial charge is 0.275 e. The van der Waals surface area contributed by atoms with Gasteiger partial charge in [-0.1, -0.05) is 46.3 Å². The first-order valence-electron chi connectivity index (χ1n) is 8.35. The average molecular weight is 402 g/mol. The molecule has 1 unspecified atom stereocenters. The van der Waals surface area contributed by atoms with Crippen molar-refractivity contribution in [1.82, 2.24) is 5.32 Å². The molecule has 0 bridgehead atoms. The van der Waals surface area contributed by atoms with E-state index in [1.165, 1.54) is 5.56 Å². The highest BCUT2D eigenvalue weighted by atomic mass is 79.9. The lowest BCUT2D eigenvalue weighted by Crippen LogP contribution is -3.08. The van der Waals surface area contributed by atoms with Crippen LogP contribution in [0.2, 0.25) is 0 Å². The molecule has 0 aliphatic heterocycles. The van der Waals surface area contributed by atoms with Gasteiger partial charge in [-0.25, -0.2) is 0 Å². The van der Waals surface area contributed by atoms with Gasteiger partial charge in [-0.3, -0.25) is 4.79 Å². The quantitative estimate of drug-likeness (QED) is 0.666. The first kappa shape index (κ1) is 17.7. The molecule has 25 heavy (non-hydrogen) atoms. The van der Waals surface area contributed by atoms with Crippen LogP contribution in [0.3, 0.4) is 0 Å². The van der Waals surface area contributed by atoms with E-state index in [1.54, 1.807) is 0 Å². The lowest BCUT2D eigenvalue weighted by molar-refractivity contribution is -0.885. The Morgan fingerprint density at radius 3 is 2.64 bits per heavy atom. The average Bonchev–Trinajstić information content (AvgIpc) is 3.01. The molecule has 4 nitrogen and oxygen atoms in total. The van der Waals surface area contributed by atoms with E-state index in [-0.39, 0.29) is 11.9 Å². The van der Waals surface area contributed by atoms with Gasteiger partial charge in [0.05, 0.1) is 13.1 Å². The van der Waals surface area contributed by atoms with Gasteiger partial charge in [0.2, 0.25) is 0 Å². The third-order valence-electron chi connectivity index (χ3n) is 4.13. The van der Waals surface area contributed by atoms with Crippen LogP contribution in [0, 0.1) is 0 Å². The monoisotopic (exact) mass is 401 g/mol. The van der Waals surface area contributed by atoms with Crippen molar-refractivity contribution in [3.05, 3.63) is 70.4 Å². The first-order chi connectivity index (χ1) is 12.0. The van der Waals surface area contributed by atoms with Crippen LogP contribution in [0.4, 0.5) is 0 Å². The summed E-state index contributed by atoms with van der Waals surface area (Å²) in [7, 11) is 2.02. The minimum atomic E-state index is -0.152. The Balaban J connectivity index is 1.55. The molecule has 3 aromatic rings. The number of likely N-dealkylation sites (N-methyl/N-ethyl adjacent to an activating group) is 1. The van der Waals surface area contributed by atoms with E-state index in [0.29, 0.717) is 6.54 Å². The van der Waals surface area contributed by atoms with Gasteiger partial charge in [0.25, 0.3) is 5.91 Å². The molecule has 2 atom stereocenters. The predicted molar refractivity (Wildman–Crippen MR) is 102 cm³/mol. The molecule has 1 aromatic heterocycles. The number of para-hydroxylation sites is 1. The molecular formula is C20H22BrN2O2+. The second-order valence-corrected chi connectivity index (χ2v) is 7.33. The Hall–Kier alpha value is -2.11. The van der Waals surface area contributed by atoms with Gasteiger partial charge in [-0.2, -0.15) is 0 Å². The third-order valence-corrected chi connectivity index (χ3v) is 4.66. The Bertz CT molecular complexity index is 825. The fraction of sp³-hybridized carbons (Fsp3) is 0.250. The van der Waals surface area contributed by atoms with E-state index in [9.17, 15) is 4.79 Å². The Labute approximate surface area is 155 Å². The second-order valence-electron chi connectivity index (χ2n) is 6.41. The number of quaternary nitrogens is 1. The topological polar surface area (TPSA) is 46.7 Å². The molecule has 1 amide bonds. The predicted octanol–water partition coefficient (Wildman–Crippen LogP) is 3.09. The minimum absolute atomic E-state index is 0.0163. The van der Waals surface area contributed by atoms with Crippen molar-refractivity contribution in [2.45, 2.75) is 19.5 Å². The fourth-order valence-corrected chi connectivity index (χ4v) is 3.13. The van der Waals surface area contributed by atoms with Crippen LogP contribution in [0.25, 0.3) is 11.0 Å². The zero-order valence-corrected chi connectivity index (χ0v) is 16.0. The zero-order chi connectivity index (χ0) is 17.8. The number of carbonyl (C=O) groups is 1. The van der Waals surface area contributed by atoms with Crippen LogP contribution in [-0.4, -0.2) is 19.5 Å². The van der Waals surface area contributed by atoms with E-state index in [1.807, 2.05) is 56.4 Å². The summed E-state index contributed by atoms with van der Waals surface area (Å²) in [4.78, 5) is 13.5. The Morgan fingerprint density at radius 1 is 1.20 bits per heavy atom. The number of fused-ring (bicyclic) bond motifs is 1. The Morgan fingerprint density at radius 2 is 1.92 bits per heavy atom. The van der Waals surface area contributed by atoms with Crippen LogP contribution < -0.4 is 10.2 Å². The molecule has 0 saturated carbocycles. The van der Waals surface area contributed by atoms with Gasteiger partial charge in [0.1, 0.15) is 17.9 Å². The number of carbonyl (C=O) groups excluding carboxylic acids is 1. The molecule has 2 N–H and O–H groups in total. The molecular weight excluding hydrogens is 380 g/mol. The van der Waals surface area contributed by atoms with Crippen LogP contribution in [0.1, 0.15) is 24.3 Å². The first-order valence-corrected chi connectivity index (χ1v) is 9.14. The van der Waals surface area contributed by atoms with Crippen molar-refractivity contribution in [1.29, 1.82) is 0 Å². The summed E-state index contributed by atoms with van der Waals surface area (Å²) < 4.78 is 6.88. The molecule has 0 aliphatic carbocycles. The van der Waals surface area contributed by atoms with Gasteiger partial charge in [-0.15, -0.1) is 0 Å². The van der Waals surface area contributed by atoms with Gasteiger partial charge in [0.15, 0.2) is 6.54 Å². The molecule has 0 fully saturated rings. The Kier molecular flexibility index (Phi) is 5.56. The van der Waals surface area contributed by atoms with Crippen LogP contribution in [0.5, 0.6) is 0 Å². The highest BCUT2D eigenvalue weighted by Crippen LogP contribution is 2.23. The summed E-state index contributed by atoms with van der Waals surface area (Å²) in [6.45, 7) is 3.17. The van der Waals surface area contributed by atoms with E-state index in [0.717, 1.165) is 32.6 Å². The molecule has 5 heteroatoms. The summed E-state index contributed by atoms with van der Waals surface area (Å²) in [6, 6.07) is 17.9. The van der Waals surface area contributed by atoms with Crippen molar-refractivity contribution in [3.63, 3.8) is 0 Å². The summed E-state index contributed by atoms with van der Waals surface area (Å²) in [5.74, 6) is 0.794. The lowest BCUT2D eigenvalue weighted by atomic mass is 10.2. The van der Waals surface area contributed by atoms with E-state index >= 15 is 0 Å². The molecule has 3 rings (SSSR count). The highest BCUT2D eigenvalue weighted by Gasteiger charge is 2.17. The maximum atomic E-state index is 12.3. The van der Waals surface area contributed by atoms with Gasteiger partial charge < -0.3 is 14.6 Å². The van der Waals surface area contributed by atoms with Crippen molar-refractivity contribution in [2.24, 2.45) is 0 Å². The lowest BCUT2D eigenvalue weighted by Gasteiger charge is -2.16. The van der Waals surface area contributed by atoms with Crippen LogP contribution in [-0.2, 0) is 11.3 Å². The fourth-order valence-electron chi connectivity index (χ4n) is 2.87. The van der Waals surface area contributed by atoms with Crippen molar-refractivity contribution in [3.8, 4) is 0 Å². The second kappa shape index (κ2) is 7.85. The molecule has 2 aromatic carbocycles. The molecule has 0 saturated heterocycles. The van der Waals surface area contributed by atoms with Gasteiger partial charge in [-0.05, 0) is 31.2 Å². The molecule has 0 aliphatic rings. The maximum absolute atomic E-state index is 12.3. The van der Waals surface area contributed by atoms with Crippen molar-refractivity contribution in [2.75, 3.05) is 13.6 Å². The minimum Gasteiger partial charge on any atom is -0.459 e. The molecule has 0 radical (unpaired) electrons. The zero-order valence-electron chi connectivity index (χ0n) is 14.4. The standard InChI is InChI=1S/C20H21BrN2O2/c1-14(19-11-16-5-3-4-6-18(16)25-19)22-20(24)13-23(2)12-15-7-9-17(21)10-8-15/h3-11,14H,12-13H2,1-2H3,(H,22,24)/p+1/t14-/m1/s1. The largest absolute Gasteiger partial charge is 0.459 e. The van der Waals surface area contributed by atoms with Gasteiger partial charge in [0, 0.05) is 15.4 Å². The number of nitrogens with one attached hydrogen (secondary N) is 2.